The summed E-state index contributed by atoms with van der Waals surface area (Å²) in [5.41, 5.74) is 10.9. The van der Waals surface area contributed by atoms with Gasteiger partial charge in [-0.1, -0.05) is 367 Å². The molecule has 10 aromatic rings. The Morgan fingerprint density at radius 3 is 0.644 bits per heavy atom. The third-order valence-corrected chi connectivity index (χ3v) is 10.1. The summed E-state index contributed by atoms with van der Waals surface area (Å²) in [6.07, 6.45) is 1.10. The van der Waals surface area contributed by atoms with Crippen LogP contribution < -0.4 is 0 Å². The zero-order valence-electron chi connectivity index (χ0n) is 48.8. The van der Waals surface area contributed by atoms with E-state index in [1.54, 1.807) is 0 Å². The molecule has 11 rings (SSSR count). The minimum absolute atomic E-state index is 1.10. The van der Waals surface area contributed by atoms with Crippen molar-refractivity contribution in [1.82, 2.24) is 0 Å². The number of fused-ring (bicyclic) bond motifs is 6. The molecule has 0 N–H and O–H groups in total. The van der Waals surface area contributed by atoms with E-state index in [1.807, 2.05) is 161 Å². The van der Waals surface area contributed by atoms with E-state index >= 15 is 0 Å². The lowest BCUT2D eigenvalue weighted by molar-refractivity contribution is 1.26. The highest BCUT2D eigenvalue weighted by molar-refractivity contribution is 6.21. The van der Waals surface area contributed by atoms with Crippen LogP contribution in [0.15, 0.2) is 243 Å². The van der Waals surface area contributed by atoms with E-state index in [9.17, 15) is 0 Å². The second kappa shape index (κ2) is 46.1. The number of hydrogen-bond donors (Lipinski definition) is 0. The fourth-order valence-corrected chi connectivity index (χ4v) is 7.56. The van der Waals surface area contributed by atoms with Crippen LogP contribution in [0.4, 0.5) is 0 Å². The van der Waals surface area contributed by atoms with Gasteiger partial charge in [0, 0.05) is 0 Å². The second-order valence-electron chi connectivity index (χ2n) is 13.6. The van der Waals surface area contributed by atoms with Crippen molar-refractivity contribution in [2.75, 3.05) is 0 Å². The van der Waals surface area contributed by atoms with E-state index in [2.05, 4.69) is 206 Å². The van der Waals surface area contributed by atoms with Crippen LogP contribution >= 0.6 is 0 Å². The molecule has 0 heteroatoms. The third-order valence-electron chi connectivity index (χ3n) is 10.1. The predicted octanol–water partition coefficient (Wildman–Crippen LogP) is 24.3. The molecule has 0 unspecified atom stereocenters. The minimum atomic E-state index is 1.10. The van der Waals surface area contributed by atoms with Gasteiger partial charge in [-0.3, -0.25) is 0 Å². The first-order valence-corrected chi connectivity index (χ1v) is 28.0. The molecule has 1 aliphatic carbocycles. The van der Waals surface area contributed by atoms with Crippen molar-refractivity contribution in [2.45, 2.75) is 131 Å². The van der Waals surface area contributed by atoms with Crippen LogP contribution in [0, 0.1) is 0 Å². The van der Waals surface area contributed by atoms with E-state index in [4.69, 9.17) is 0 Å². The molecule has 0 fully saturated rings. The molecular formula is C73H96. The Balaban J connectivity index is 0. The van der Waals surface area contributed by atoms with E-state index in [0.29, 0.717) is 0 Å². The minimum Gasteiger partial charge on any atom is -0.0683 e. The molecule has 0 radical (unpaired) electrons. The van der Waals surface area contributed by atoms with E-state index in [-0.39, 0.29) is 0 Å². The zero-order chi connectivity index (χ0) is 55.1. The van der Waals surface area contributed by atoms with Gasteiger partial charge < -0.3 is 0 Å². The standard InChI is InChI=1S/C26H18.C13H10.C10H8.C6H6.9C2H6/c1-3-11-19(12-4-1)25-21-15-7-9-17-23(21)26(20-13-5-2-6-14-20)24-18-10-8-16-22(24)25;1-3-7-12-10(5-1)9-11-6-2-4-8-13(11)12;1-2-6-10-8-4-3-7-9(10)5-1;1-2-4-6-5-3-1;9*1-2/h1-18H;1-8H,9H2;1-8H;1-6H;9*1-2H3. The summed E-state index contributed by atoms with van der Waals surface area (Å²) >= 11 is 0. The van der Waals surface area contributed by atoms with Gasteiger partial charge in [0.2, 0.25) is 0 Å². The molecular weight excluding hydrogens is 877 g/mol. The average molecular weight is 974 g/mol. The van der Waals surface area contributed by atoms with Gasteiger partial charge >= 0.3 is 0 Å². The van der Waals surface area contributed by atoms with Crippen LogP contribution in [0.2, 0.25) is 0 Å². The molecule has 10 aromatic carbocycles. The topological polar surface area (TPSA) is 0 Å². The van der Waals surface area contributed by atoms with Crippen molar-refractivity contribution in [3.63, 3.8) is 0 Å². The quantitative estimate of drug-likeness (QED) is 0.151. The molecule has 0 amide bonds. The van der Waals surface area contributed by atoms with Crippen LogP contribution in [0.25, 0.3) is 65.7 Å². The molecule has 0 spiro atoms. The number of hydrogen-bond acceptors (Lipinski definition) is 0. The smallest absolute Gasteiger partial charge is 0.00135 e. The first-order chi connectivity index (χ1) is 36.3. The fraction of sp³-hybridized carbons (Fsp3) is 0.260. The van der Waals surface area contributed by atoms with Crippen molar-refractivity contribution >= 4 is 32.3 Å². The molecule has 0 saturated carbocycles. The molecule has 0 aliphatic heterocycles. The van der Waals surface area contributed by atoms with Crippen molar-refractivity contribution in [2.24, 2.45) is 0 Å². The number of benzene rings is 10. The van der Waals surface area contributed by atoms with E-state index in [1.165, 1.54) is 76.8 Å². The van der Waals surface area contributed by atoms with Crippen molar-refractivity contribution in [1.29, 1.82) is 0 Å². The van der Waals surface area contributed by atoms with Gasteiger partial charge in [-0.05, 0) is 83.2 Å². The van der Waals surface area contributed by atoms with Crippen LogP contribution in [-0.2, 0) is 6.42 Å². The molecule has 0 nitrogen and oxygen atoms in total. The van der Waals surface area contributed by atoms with Crippen LogP contribution in [0.5, 0.6) is 0 Å². The lowest BCUT2D eigenvalue weighted by atomic mass is 9.86. The Labute approximate surface area is 448 Å². The highest BCUT2D eigenvalue weighted by Gasteiger charge is 2.17. The van der Waals surface area contributed by atoms with Crippen LogP contribution in [0.1, 0.15) is 136 Å². The molecule has 1 aliphatic rings. The lowest BCUT2D eigenvalue weighted by Gasteiger charge is -2.17. The Bertz CT molecular complexity index is 2470. The Morgan fingerprint density at radius 1 is 0.192 bits per heavy atom. The molecule has 388 valence electrons. The zero-order valence-corrected chi connectivity index (χ0v) is 48.8. The molecule has 0 bridgehead atoms. The van der Waals surface area contributed by atoms with Gasteiger partial charge in [0.05, 0.1) is 0 Å². The fourth-order valence-electron chi connectivity index (χ4n) is 7.56. The van der Waals surface area contributed by atoms with Gasteiger partial charge in [0.25, 0.3) is 0 Å². The van der Waals surface area contributed by atoms with Crippen molar-refractivity contribution < 1.29 is 0 Å². The van der Waals surface area contributed by atoms with Gasteiger partial charge in [-0.15, -0.1) is 0 Å². The highest BCUT2D eigenvalue weighted by Crippen LogP contribution is 2.43. The normalized spacial score (nSPS) is 8.90. The first-order valence-electron chi connectivity index (χ1n) is 28.0. The molecule has 0 atom stereocenters. The summed E-state index contributed by atoms with van der Waals surface area (Å²) in [6, 6.07) is 85.0. The average Bonchev–Trinajstić information content (AvgIpc) is 3.91. The second-order valence-corrected chi connectivity index (χ2v) is 13.6. The van der Waals surface area contributed by atoms with Crippen molar-refractivity contribution in [3.05, 3.63) is 254 Å². The molecule has 0 saturated heterocycles. The molecule has 0 heterocycles. The SMILES string of the molecule is CC.CC.CC.CC.CC.CC.CC.CC.CC.c1ccc(-c2c3ccccc3c(-c3ccccc3)c3ccccc23)cc1.c1ccc2c(c1)Cc1ccccc1-2.c1ccc2ccccc2c1.c1ccccc1. The van der Waals surface area contributed by atoms with Gasteiger partial charge in [0.1, 0.15) is 0 Å². The van der Waals surface area contributed by atoms with Crippen molar-refractivity contribution in [3.8, 4) is 33.4 Å². The van der Waals surface area contributed by atoms with Gasteiger partial charge in [-0.25, -0.2) is 0 Å². The maximum absolute atomic E-state index is 2.25. The van der Waals surface area contributed by atoms with E-state index in [0.717, 1.165) is 6.42 Å². The summed E-state index contributed by atoms with van der Waals surface area (Å²) in [7, 11) is 0. The van der Waals surface area contributed by atoms with Gasteiger partial charge in [-0.2, -0.15) is 0 Å². The van der Waals surface area contributed by atoms with Gasteiger partial charge in [0.15, 0.2) is 0 Å². The third kappa shape index (κ3) is 21.7. The highest BCUT2D eigenvalue weighted by atomic mass is 14.2. The summed E-state index contributed by atoms with van der Waals surface area (Å²) in [6.45, 7) is 36.0. The summed E-state index contributed by atoms with van der Waals surface area (Å²) in [5.74, 6) is 0. The number of rotatable bonds is 2. The Hall–Kier alpha value is -7.02. The Morgan fingerprint density at radius 2 is 0.384 bits per heavy atom. The van der Waals surface area contributed by atoms with Crippen LogP contribution in [-0.4, -0.2) is 0 Å². The van der Waals surface area contributed by atoms with Crippen LogP contribution in [0.3, 0.4) is 0 Å². The summed E-state index contributed by atoms with van der Waals surface area (Å²) < 4.78 is 0. The molecule has 73 heavy (non-hydrogen) atoms. The lowest BCUT2D eigenvalue weighted by Crippen LogP contribution is -1.90. The summed E-state index contributed by atoms with van der Waals surface area (Å²) in [4.78, 5) is 0. The largest absolute Gasteiger partial charge is 0.0683 e. The monoisotopic (exact) mass is 973 g/mol. The summed E-state index contributed by atoms with van der Waals surface area (Å²) in [5, 5.41) is 7.83. The van der Waals surface area contributed by atoms with E-state index < -0.39 is 0 Å². The maximum atomic E-state index is 2.25. The Kier molecular flexibility index (Phi) is 43.0. The maximum Gasteiger partial charge on any atom is -0.00135 e. The predicted molar refractivity (Wildman–Crippen MR) is 340 cm³/mol. The first kappa shape index (κ1) is 68.1. The molecule has 0 aromatic heterocycles.